The fourth-order valence-corrected chi connectivity index (χ4v) is 9.45. The second kappa shape index (κ2) is 14.1. The zero-order valence-corrected chi connectivity index (χ0v) is 28.9. The molecule has 47 heavy (non-hydrogen) atoms. The minimum absolute atomic E-state index is 0.0207. The van der Waals surface area contributed by atoms with Crippen molar-refractivity contribution in [3.63, 3.8) is 0 Å². The number of likely N-dealkylation sites (tertiary alicyclic amines) is 2. The summed E-state index contributed by atoms with van der Waals surface area (Å²) in [5, 5.41) is 0. The lowest BCUT2D eigenvalue weighted by Gasteiger charge is -2.45. The highest BCUT2D eigenvalue weighted by Crippen LogP contribution is 2.50. The van der Waals surface area contributed by atoms with Crippen molar-refractivity contribution in [1.29, 1.82) is 0 Å². The molecule has 264 valence electrons. The third kappa shape index (κ3) is 7.03. The number of carbonyl (C=O) groups excluding carboxylic acids is 1. The standard InChI is InChI=1S/C35H55F3N6O3/c1-23(2)34(33(45)44-20-27-16-28(44)19-43(27)32-17-31(35(36,37)38)39-22-40-32)11-6-26(18-34)42(29-10-15-47-21-30(29)46-5)14-9-25-7-12-41(13-8-25)24(3)4/h17,22-30H,6-16,18-21H2,1-5H3/t26-,27+,28+,29+,30-,34+/m1/s1. The molecule has 1 aromatic rings. The van der Waals surface area contributed by atoms with Crippen LogP contribution in [0.3, 0.4) is 0 Å². The summed E-state index contributed by atoms with van der Waals surface area (Å²) in [5.74, 6) is 1.43. The number of halogens is 3. The Balaban J connectivity index is 1.15. The number of rotatable bonds is 10. The van der Waals surface area contributed by atoms with Crippen molar-refractivity contribution in [3.8, 4) is 0 Å². The third-order valence-corrected chi connectivity index (χ3v) is 12.4. The zero-order valence-electron chi connectivity index (χ0n) is 28.9. The molecule has 9 nitrogen and oxygen atoms in total. The summed E-state index contributed by atoms with van der Waals surface area (Å²) in [6.45, 7) is 14.7. The Morgan fingerprint density at radius 2 is 1.87 bits per heavy atom. The maximum absolute atomic E-state index is 14.7. The summed E-state index contributed by atoms with van der Waals surface area (Å²) in [6.07, 6.45) is 4.53. The van der Waals surface area contributed by atoms with Crippen LogP contribution in [0.2, 0.25) is 0 Å². The van der Waals surface area contributed by atoms with Gasteiger partial charge in [0.15, 0.2) is 0 Å². The minimum Gasteiger partial charge on any atom is -0.379 e. The third-order valence-electron chi connectivity index (χ3n) is 12.4. The normalized spacial score (nSPS) is 32.4. The number of piperazine rings is 1. The van der Waals surface area contributed by atoms with Gasteiger partial charge in [-0.25, -0.2) is 9.97 Å². The van der Waals surface area contributed by atoms with Crippen LogP contribution < -0.4 is 4.90 Å². The highest BCUT2D eigenvalue weighted by atomic mass is 19.4. The first-order valence-corrected chi connectivity index (χ1v) is 18.0. The van der Waals surface area contributed by atoms with Crippen LogP contribution >= 0.6 is 0 Å². The molecule has 4 aliphatic heterocycles. The summed E-state index contributed by atoms with van der Waals surface area (Å²) in [4.78, 5) is 31.6. The first kappa shape index (κ1) is 34.8. The van der Waals surface area contributed by atoms with Gasteiger partial charge in [0.2, 0.25) is 5.91 Å². The van der Waals surface area contributed by atoms with Gasteiger partial charge in [0.25, 0.3) is 0 Å². The minimum atomic E-state index is -4.52. The Hall–Kier alpha value is -2.02. The van der Waals surface area contributed by atoms with Crippen LogP contribution in [0.5, 0.6) is 0 Å². The topological polar surface area (TPSA) is 74.3 Å². The predicted octanol–water partition coefficient (Wildman–Crippen LogP) is 5.10. The first-order valence-electron chi connectivity index (χ1n) is 18.0. The van der Waals surface area contributed by atoms with Crippen LogP contribution in [-0.2, 0) is 20.4 Å². The summed E-state index contributed by atoms with van der Waals surface area (Å²) in [6, 6.07) is 2.16. The molecule has 0 unspecified atom stereocenters. The van der Waals surface area contributed by atoms with Crippen molar-refractivity contribution in [1.82, 2.24) is 24.7 Å². The average molecular weight is 665 g/mol. The Morgan fingerprint density at radius 1 is 1.11 bits per heavy atom. The van der Waals surface area contributed by atoms with Gasteiger partial charge in [0.05, 0.1) is 30.2 Å². The number of alkyl halides is 3. The Kier molecular flexibility index (Phi) is 10.4. The molecule has 6 rings (SSSR count). The van der Waals surface area contributed by atoms with Gasteiger partial charge in [0, 0.05) is 51.0 Å². The molecule has 1 amide bonds. The molecule has 5 aliphatic rings. The maximum Gasteiger partial charge on any atom is 0.433 e. The summed E-state index contributed by atoms with van der Waals surface area (Å²) in [5.41, 5.74) is -1.38. The number of piperidine rings is 1. The van der Waals surface area contributed by atoms with E-state index in [-0.39, 0.29) is 36.1 Å². The van der Waals surface area contributed by atoms with Gasteiger partial charge in [-0.1, -0.05) is 13.8 Å². The summed E-state index contributed by atoms with van der Waals surface area (Å²) in [7, 11) is 1.79. The number of nitrogens with zero attached hydrogens (tertiary/aromatic N) is 6. The predicted molar refractivity (Wildman–Crippen MR) is 174 cm³/mol. The van der Waals surface area contributed by atoms with E-state index < -0.39 is 17.3 Å². The van der Waals surface area contributed by atoms with Gasteiger partial charge < -0.3 is 24.2 Å². The monoisotopic (exact) mass is 664 g/mol. The fraction of sp³-hybridized carbons (Fsp3) is 0.857. The number of carbonyl (C=O) groups is 1. The molecule has 6 atom stereocenters. The van der Waals surface area contributed by atoms with Crippen LogP contribution in [0.1, 0.15) is 84.8 Å². The van der Waals surface area contributed by atoms with Gasteiger partial charge >= 0.3 is 6.18 Å². The lowest BCUT2D eigenvalue weighted by atomic mass is 9.74. The second-order valence-electron chi connectivity index (χ2n) is 15.4. The lowest BCUT2D eigenvalue weighted by Crippen LogP contribution is -2.56. The molecule has 1 aliphatic carbocycles. The van der Waals surface area contributed by atoms with Gasteiger partial charge in [-0.3, -0.25) is 9.69 Å². The quantitative estimate of drug-likeness (QED) is 0.343. The Morgan fingerprint density at radius 3 is 2.51 bits per heavy atom. The molecule has 4 saturated heterocycles. The molecular formula is C35H55F3N6O3. The van der Waals surface area contributed by atoms with E-state index in [1.165, 1.54) is 32.4 Å². The van der Waals surface area contributed by atoms with Crippen LogP contribution in [0.25, 0.3) is 0 Å². The summed E-state index contributed by atoms with van der Waals surface area (Å²) < 4.78 is 51.9. The van der Waals surface area contributed by atoms with Gasteiger partial charge in [-0.15, -0.1) is 0 Å². The molecule has 5 fully saturated rings. The van der Waals surface area contributed by atoms with E-state index in [1.54, 1.807) is 7.11 Å². The van der Waals surface area contributed by atoms with Crippen molar-refractivity contribution in [2.45, 2.75) is 122 Å². The van der Waals surface area contributed by atoms with E-state index in [9.17, 15) is 18.0 Å². The van der Waals surface area contributed by atoms with Crippen LogP contribution in [0, 0.1) is 17.3 Å². The van der Waals surface area contributed by atoms with Crippen molar-refractivity contribution in [2.24, 2.45) is 17.3 Å². The van der Waals surface area contributed by atoms with Gasteiger partial charge in [-0.05, 0) is 96.7 Å². The molecule has 0 N–H and O–H groups in total. The maximum atomic E-state index is 14.7. The van der Waals surface area contributed by atoms with Gasteiger partial charge in [-0.2, -0.15) is 13.2 Å². The average Bonchev–Trinajstić information content (AvgIpc) is 3.81. The number of aromatic nitrogens is 2. The number of hydrogen-bond acceptors (Lipinski definition) is 8. The second-order valence-corrected chi connectivity index (χ2v) is 15.4. The van der Waals surface area contributed by atoms with Crippen LogP contribution in [0.4, 0.5) is 19.0 Å². The highest BCUT2D eigenvalue weighted by molar-refractivity contribution is 5.84. The molecule has 0 spiro atoms. The number of fused-ring (bicyclic) bond motifs is 2. The van der Waals surface area contributed by atoms with Crippen molar-refractivity contribution < 1.29 is 27.4 Å². The number of hydrogen-bond donors (Lipinski definition) is 0. The number of ether oxygens (including phenoxy) is 2. The number of anilines is 1. The van der Waals surface area contributed by atoms with Crippen molar-refractivity contribution in [2.75, 3.05) is 57.9 Å². The fourth-order valence-electron chi connectivity index (χ4n) is 9.45. The van der Waals surface area contributed by atoms with E-state index >= 15 is 0 Å². The number of amides is 1. The van der Waals surface area contributed by atoms with Crippen molar-refractivity contribution >= 4 is 11.7 Å². The van der Waals surface area contributed by atoms with Crippen LogP contribution in [-0.4, -0.2) is 120 Å². The SMILES string of the molecule is CO[C@@H]1COCC[C@@H]1N(CCC1CCN(C(C)C)CC1)[C@@H]1CC[C@@](C(=O)N2C[C@@H]3C[C@H]2CN3c2cc(C(F)(F)F)ncn2)(C(C)C)C1. The molecule has 1 saturated carbocycles. The van der Waals surface area contributed by atoms with Crippen LogP contribution in [0.15, 0.2) is 12.4 Å². The largest absolute Gasteiger partial charge is 0.433 e. The van der Waals surface area contributed by atoms with E-state index in [2.05, 4.69) is 52.4 Å². The first-order chi connectivity index (χ1) is 22.4. The van der Waals surface area contributed by atoms with E-state index in [0.29, 0.717) is 37.6 Å². The van der Waals surface area contributed by atoms with Gasteiger partial charge in [0.1, 0.15) is 17.8 Å². The molecule has 5 heterocycles. The highest BCUT2D eigenvalue weighted by Gasteiger charge is 2.56. The van der Waals surface area contributed by atoms with E-state index in [4.69, 9.17) is 9.47 Å². The van der Waals surface area contributed by atoms with E-state index in [0.717, 1.165) is 63.6 Å². The lowest BCUT2D eigenvalue weighted by molar-refractivity contribution is -0.146. The molecule has 0 radical (unpaired) electrons. The molecular weight excluding hydrogens is 609 g/mol. The Labute approximate surface area is 278 Å². The Bertz CT molecular complexity index is 1230. The summed E-state index contributed by atoms with van der Waals surface area (Å²) >= 11 is 0. The van der Waals surface area contributed by atoms with Crippen molar-refractivity contribution in [3.05, 3.63) is 18.1 Å². The molecule has 12 heteroatoms. The molecule has 2 bridgehead atoms. The molecule has 0 aromatic carbocycles. The van der Waals surface area contributed by atoms with E-state index in [1.807, 2.05) is 4.90 Å². The number of methoxy groups -OCH3 is 1. The smallest absolute Gasteiger partial charge is 0.379 e. The zero-order chi connectivity index (χ0) is 33.5. The molecule has 1 aromatic heterocycles.